The standard InChI is InChI=1S/C13H18N2O3/c16-9-12-6-7-15(8-12)13(17)14-18-10-11-4-2-1-3-5-11/h1-5,12,16H,6-10H2,(H,14,17). The monoisotopic (exact) mass is 250 g/mol. The number of aliphatic hydroxyl groups excluding tert-OH is 1. The molecule has 2 amide bonds. The Kier molecular flexibility index (Phi) is 4.55. The van der Waals surface area contributed by atoms with Gasteiger partial charge >= 0.3 is 6.03 Å². The van der Waals surface area contributed by atoms with E-state index in [1.54, 1.807) is 4.90 Å². The van der Waals surface area contributed by atoms with Crippen LogP contribution in [-0.2, 0) is 11.4 Å². The summed E-state index contributed by atoms with van der Waals surface area (Å²) in [4.78, 5) is 18.5. The number of carbonyl (C=O) groups excluding carboxylic acids is 1. The van der Waals surface area contributed by atoms with Crippen LogP contribution >= 0.6 is 0 Å². The number of hydrogen-bond donors (Lipinski definition) is 2. The molecule has 5 heteroatoms. The molecule has 0 saturated carbocycles. The molecule has 1 aromatic carbocycles. The first-order valence-corrected chi connectivity index (χ1v) is 6.11. The number of likely N-dealkylation sites (tertiary alicyclic amines) is 1. The number of hydrogen-bond acceptors (Lipinski definition) is 3. The van der Waals surface area contributed by atoms with Crippen molar-refractivity contribution in [3.8, 4) is 0 Å². The summed E-state index contributed by atoms with van der Waals surface area (Å²) in [6.07, 6.45) is 0.850. The Morgan fingerprint density at radius 3 is 2.89 bits per heavy atom. The van der Waals surface area contributed by atoms with Gasteiger partial charge in [-0.3, -0.25) is 4.84 Å². The molecule has 0 radical (unpaired) electrons. The predicted molar refractivity (Wildman–Crippen MR) is 66.5 cm³/mol. The van der Waals surface area contributed by atoms with Crippen LogP contribution in [-0.4, -0.2) is 35.7 Å². The highest BCUT2D eigenvalue weighted by atomic mass is 16.7. The van der Waals surface area contributed by atoms with Gasteiger partial charge in [-0.15, -0.1) is 0 Å². The van der Waals surface area contributed by atoms with E-state index in [4.69, 9.17) is 9.94 Å². The summed E-state index contributed by atoms with van der Waals surface area (Å²) in [7, 11) is 0. The fourth-order valence-electron chi connectivity index (χ4n) is 1.99. The van der Waals surface area contributed by atoms with Gasteiger partial charge in [0.15, 0.2) is 0 Å². The van der Waals surface area contributed by atoms with E-state index in [0.29, 0.717) is 19.7 Å². The number of carbonyl (C=O) groups is 1. The van der Waals surface area contributed by atoms with Crippen LogP contribution in [0.2, 0.25) is 0 Å². The SMILES string of the molecule is O=C(NOCc1ccccc1)N1CCC(CO)C1. The molecule has 0 aliphatic carbocycles. The molecule has 1 fully saturated rings. The van der Waals surface area contributed by atoms with E-state index in [1.807, 2.05) is 30.3 Å². The minimum absolute atomic E-state index is 0.134. The fourth-order valence-corrected chi connectivity index (χ4v) is 1.99. The van der Waals surface area contributed by atoms with Gasteiger partial charge in [0, 0.05) is 25.6 Å². The van der Waals surface area contributed by atoms with Crippen LogP contribution in [0, 0.1) is 5.92 Å². The van der Waals surface area contributed by atoms with Crippen molar-refractivity contribution in [1.82, 2.24) is 10.4 Å². The lowest BCUT2D eigenvalue weighted by Crippen LogP contribution is -2.38. The predicted octanol–water partition coefficient (Wildman–Crippen LogP) is 1.14. The van der Waals surface area contributed by atoms with Crippen LogP contribution < -0.4 is 5.48 Å². The Bertz CT molecular complexity index is 383. The molecule has 5 nitrogen and oxygen atoms in total. The third-order valence-electron chi connectivity index (χ3n) is 3.07. The van der Waals surface area contributed by atoms with E-state index in [1.165, 1.54) is 0 Å². The topological polar surface area (TPSA) is 61.8 Å². The van der Waals surface area contributed by atoms with Crippen LogP contribution in [0.15, 0.2) is 30.3 Å². The van der Waals surface area contributed by atoms with Crippen LogP contribution in [0.5, 0.6) is 0 Å². The molecule has 1 unspecified atom stereocenters. The number of nitrogens with zero attached hydrogens (tertiary/aromatic N) is 1. The van der Waals surface area contributed by atoms with Crippen LogP contribution in [0.1, 0.15) is 12.0 Å². The van der Waals surface area contributed by atoms with Crippen LogP contribution in [0.3, 0.4) is 0 Å². The second-order valence-corrected chi connectivity index (χ2v) is 4.46. The minimum atomic E-state index is -0.234. The quantitative estimate of drug-likeness (QED) is 0.788. The van der Waals surface area contributed by atoms with Crippen molar-refractivity contribution in [2.75, 3.05) is 19.7 Å². The largest absolute Gasteiger partial charge is 0.396 e. The molecule has 1 atom stereocenters. The molecule has 98 valence electrons. The fraction of sp³-hybridized carbons (Fsp3) is 0.462. The normalized spacial score (nSPS) is 18.9. The minimum Gasteiger partial charge on any atom is -0.396 e. The highest BCUT2D eigenvalue weighted by molar-refractivity contribution is 5.73. The second kappa shape index (κ2) is 6.37. The Morgan fingerprint density at radius 2 is 2.22 bits per heavy atom. The van der Waals surface area contributed by atoms with Gasteiger partial charge in [0.2, 0.25) is 0 Å². The summed E-state index contributed by atoms with van der Waals surface area (Å²) in [5.41, 5.74) is 3.43. The lowest BCUT2D eigenvalue weighted by atomic mass is 10.1. The lowest BCUT2D eigenvalue weighted by molar-refractivity contribution is 0.0381. The molecule has 0 bridgehead atoms. The summed E-state index contributed by atoms with van der Waals surface area (Å²) in [6.45, 7) is 1.75. The molecule has 1 aliphatic rings. The molecular formula is C13H18N2O3. The molecule has 0 spiro atoms. The van der Waals surface area contributed by atoms with Crippen molar-refractivity contribution < 1.29 is 14.7 Å². The number of urea groups is 1. The molecule has 1 saturated heterocycles. The van der Waals surface area contributed by atoms with Gasteiger partial charge in [-0.25, -0.2) is 10.3 Å². The Morgan fingerprint density at radius 1 is 1.44 bits per heavy atom. The average Bonchev–Trinajstić information content (AvgIpc) is 2.89. The number of hydroxylamine groups is 1. The summed E-state index contributed by atoms with van der Waals surface area (Å²) in [6, 6.07) is 9.41. The van der Waals surface area contributed by atoms with Gasteiger partial charge in [0.05, 0.1) is 6.61 Å². The van der Waals surface area contributed by atoms with E-state index in [2.05, 4.69) is 5.48 Å². The number of aliphatic hydroxyl groups is 1. The van der Waals surface area contributed by atoms with E-state index in [-0.39, 0.29) is 18.6 Å². The van der Waals surface area contributed by atoms with Gasteiger partial charge in [0.25, 0.3) is 0 Å². The van der Waals surface area contributed by atoms with Crippen molar-refractivity contribution in [1.29, 1.82) is 0 Å². The third kappa shape index (κ3) is 3.45. The third-order valence-corrected chi connectivity index (χ3v) is 3.07. The molecule has 1 aromatic rings. The van der Waals surface area contributed by atoms with Crippen LogP contribution in [0.25, 0.3) is 0 Å². The lowest BCUT2D eigenvalue weighted by Gasteiger charge is -2.16. The van der Waals surface area contributed by atoms with E-state index in [0.717, 1.165) is 12.0 Å². The molecule has 1 aliphatic heterocycles. The van der Waals surface area contributed by atoms with Gasteiger partial charge < -0.3 is 10.0 Å². The summed E-state index contributed by atoms with van der Waals surface area (Å²) in [5.74, 6) is 0.199. The average molecular weight is 250 g/mol. The maximum Gasteiger partial charge on any atom is 0.341 e. The maximum absolute atomic E-state index is 11.7. The Balaban J connectivity index is 1.69. The molecule has 1 heterocycles. The number of amides is 2. The number of nitrogens with one attached hydrogen (secondary N) is 1. The van der Waals surface area contributed by atoms with E-state index in [9.17, 15) is 4.79 Å². The van der Waals surface area contributed by atoms with Gasteiger partial charge in [-0.1, -0.05) is 30.3 Å². The van der Waals surface area contributed by atoms with Crippen molar-refractivity contribution in [3.05, 3.63) is 35.9 Å². The van der Waals surface area contributed by atoms with Crippen molar-refractivity contribution in [2.24, 2.45) is 5.92 Å². The van der Waals surface area contributed by atoms with Crippen molar-refractivity contribution in [3.63, 3.8) is 0 Å². The van der Waals surface area contributed by atoms with Crippen molar-refractivity contribution >= 4 is 6.03 Å². The van der Waals surface area contributed by atoms with Gasteiger partial charge in [0.1, 0.15) is 0 Å². The van der Waals surface area contributed by atoms with Crippen LogP contribution in [0.4, 0.5) is 4.79 Å². The second-order valence-electron chi connectivity index (χ2n) is 4.46. The zero-order chi connectivity index (χ0) is 12.8. The summed E-state index contributed by atoms with van der Waals surface area (Å²) in [5, 5.41) is 9.00. The molecule has 2 rings (SSSR count). The summed E-state index contributed by atoms with van der Waals surface area (Å²) >= 11 is 0. The number of benzene rings is 1. The molecule has 0 aromatic heterocycles. The smallest absolute Gasteiger partial charge is 0.341 e. The molecular weight excluding hydrogens is 232 g/mol. The zero-order valence-electron chi connectivity index (χ0n) is 10.2. The highest BCUT2D eigenvalue weighted by Crippen LogP contribution is 2.15. The first kappa shape index (κ1) is 12.9. The zero-order valence-corrected chi connectivity index (χ0v) is 10.2. The van der Waals surface area contributed by atoms with Gasteiger partial charge in [-0.05, 0) is 12.0 Å². The first-order chi connectivity index (χ1) is 8.79. The first-order valence-electron chi connectivity index (χ1n) is 6.11. The Labute approximate surface area is 106 Å². The maximum atomic E-state index is 11.7. The molecule has 2 N–H and O–H groups in total. The van der Waals surface area contributed by atoms with Crippen molar-refractivity contribution in [2.45, 2.75) is 13.0 Å². The Hall–Kier alpha value is -1.59. The van der Waals surface area contributed by atoms with E-state index < -0.39 is 0 Å². The molecule has 18 heavy (non-hydrogen) atoms. The summed E-state index contributed by atoms with van der Waals surface area (Å²) < 4.78 is 0. The van der Waals surface area contributed by atoms with E-state index >= 15 is 0 Å². The highest BCUT2D eigenvalue weighted by Gasteiger charge is 2.25. The number of rotatable bonds is 4. The van der Waals surface area contributed by atoms with Gasteiger partial charge in [-0.2, -0.15) is 0 Å².